The van der Waals surface area contributed by atoms with Crippen molar-refractivity contribution in [2.45, 2.75) is 45.6 Å². The quantitative estimate of drug-likeness (QED) is 0.590. The SMILES string of the molecule is CCCc1noc(-c2cn(C3CCN(C(=O)c4ccc(OCC)cc4)CC3)nn2)n1. The highest BCUT2D eigenvalue weighted by molar-refractivity contribution is 5.94. The van der Waals surface area contributed by atoms with E-state index in [4.69, 9.17) is 9.26 Å². The van der Waals surface area contributed by atoms with Crippen molar-refractivity contribution < 1.29 is 14.1 Å². The minimum atomic E-state index is 0.0464. The van der Waals surface area contributed by atoms with Crippen molar-refractivity contribution in [3.05, 3.63) is 41.9 Å². The summed E-state index contributed by atoms with van der Waals surface area (Å²) >= 11 is 0. The number of carbonyl (C=O) groups is 1. The lowest BCUT2D eigenvalue weighted by Gasteiger charge is -2.31. The molecule has 158 valence electrons. The van der Waals surface area contributed by atoms with Gasteiger partial charge in [-0.15, -0.1) is 5.10 Å². The van der Waals surface area contributed by atoms with Gasteiger partial charge in [0, 0.05) is 25.1 Å². The number of ether oxygens (including phenoxy) is 1. The minimum Gasteiger partial charge on any atom is -0.494 e. The number of hydrogen-bond donors (Lipinski definition) is 0. The molecule has 0 aliphatic carbocycles. The van der Waals surface area contributed by atoms with Crippen LogP contribution in [0.4, 0.5) is 0 Å². The van der Waals surface area contributed by atoms with Crippen molar-refractivity contribution in [2.75, 3.05) is 19.7 Å². The molecular weight excluding hydrogens is 384 g/mol. The number of likely N-dealkylation sites (tertiary alicyclic amines) is 1. The molecule has 9 nitrogen and oxygen atoms in total. The van der Waals surface area contributed by atoms with E-state index in [0.717, 1.165) is 31.4 Å². The van der Waals surface area contributed by atoms with Gasteiger partial charge in [0.25, 0.3) is 11.8 Å². The zero-order valence-electron chi connectivity index (χ0n) is 17.3. The molecule has 3 heterocycles. The number of piperidine rings is 1. The minimum absolute atomic E-state index is 0.0464. The third-order valence-electron chi connectivity index (χ3n) is 5.21. The predicted molar refractivity (Wildman–Crippen MR) is 109 cm³/mol. The predicted octanol–water partition coefficient (Wildman–Crippen LogP) is 3.16. The van der Waals surface area contributed by atoms with Crippen LogP contribution in [0.1, 0.15) is 55.3 Å². The topological polar surface area (TPSA) is 99.2 Å². The first-order valence-electron chi connectivity index (χ1n) is 10.4. The number of aromatic nitrogens is 5. The van der Waals surface area contributed by atoms with Gasteiger partial charge >= 0.3 is 0 Å². The molecule has 1 fully saturated rings. The first-order valence-corrected chi connectivity index (χ1v) is 10.4. The van der Waals surface area contributed by atoms with Gasteiger partial charge in [0.05, 0.1) is 18.8 Å². The first-order chi connectivity index (χ1) is 14.7. The molecule has 1 aliphatic heterocycles. The molecule has 0 N–H and O–H groups in total. The number of aryl methyl sites for hydroxylation is 1. The standard InChI is InChI=1S/C21H26N6O3/c1-3-5-19-22-20(30-24-19)18-14-27(25-23-18)16-10-12-26(13-11-16)21(28)15-6-8-17(9-7-15)29-4-2/h6-9,14,16H,3-5,10-13H2,1-2H3. The van der Waals surface area contributed by atoms with Crippen LogP contribution in [0.3, 0.4) is 0 Å². The summed E-state index contributed by atoms with van der Waals surface area (Å²) in [5, 5.41) is 12.4. The Labute approximate surface area is 175 Å². The summed E-state index contributed by atoms with van der Waals surface area (Å²) in [5.41, 5.74) is 1.26. The van der Waals surface area contributed by atoms with Crippen molar-refractivity contribution in [3.63, 3.8) is 0 Å². The molecule has 3 aromatic rings. The van der Waals surface area contributed by atoms with Crippen LogP contribution >= 0.6 is 0 Å². The maximum Gasteiger partial charge on any atom is 0.280 e. The molecule has 0 unspecified atom stereocenters. The van der Waals surface area contributed by atoms with Crippen LogP contribution in [-0.2, 0) is 6.42 Å². The maximum atomic E-state index is 12.8. The van der Waals surface area contributed by atoms with Gasteiger partial charge in [-0.2, -0.15) is 4.98 Å². The molecule has 9 heteroatoms. The lowest BCUT2D eigenvalue weighted by atomic mass is 10.0. The Morgan fingerprint density at radius 1 is 1.20 bits per heavy atom. The fourth-order valence-electron chi connectivity index (χ4n) is 3.61. The van der Waals surface area contributed by atoms with Gasteiger partial charge in [-0.05, 0) is 50.5 Å². The van der Waals surface area contributed by atoms with Gasteiger partial charge in [0.15, 0.2) is 11.5 Å². The molecule has 1 aliphatic rings. The third-order valence-corrected chi connectivity index (χ3v) is 5.21. The van der Waals surface area contributed by atoms with Gasteiger partial charge in [0.2, 0.25) is 0 Å². The van der Waals surface area contributed by atoms with Crippen LogP contribution in [0, 0.1) is 0 Å². The van der Waals surface area contributed by atoms with Gasteiger partial charge in [-0.25, -0.2) is 4.68 Å². The molecule has 4 rings (SSSR count). The van der Waals surface area contributed by atoms with Crippen LogP contribution in [0.5, 0.6) is 5.75 Å². The molecular formula is C21H26N6O3. The molecule has 0 bridgehead atoms. The van der Waals surface area contributed by atoms with Crippen molar-refractivity contribution >= 4 is 5.91 Å². The number of hydrogen-bond acceptors (Lipinski definition) is 7. The summed E-state index contributed by atoms with van der Waals surface area (Å²) in [6, 6.07) is 7.50. The molecule has 30 heavy (non-hydrogen) atoms. The van der Waals surface area contributed by atoms with E-state index >= 15 is 0 Å². The molecule has 0 saturated carbocycles. The van der Waals surface area contributed by atoms with E-state index in [1.54, 1.807) is 0 Å². The summed E-state index contributed by atoms with van der Waals surface area (Å²) in [4.78, 5) is 19.0. The second-order valence-corrected chi connectivity index (χ2v) is 7.33. The zero-order valence-corrected chi connectivity index (χ0v) is 17.3. The Balaban J connectivity index is 1.35. The van der Waals surface area contributed by atoms with E-state index in [-0.39, 0.29) is 11.9 Å². The average molecular weight is 410 g/mol. The first kappa shape index (κ1) is 20.1. The normalized spacial score (nSPS) is 14.8. The number of rotatable bonds is 7. The number of nitrogens with zero attached hydrogens (tertiary/aromatic N) is 6. The van der Waals surface area contributed by atoms with E-state index in [0.29, 0.717) is 42.7 Å². The van der Waals surface area contributed by atoms with Crippen LogP contribution < -0.4 is 4.74 Å². The Morgan fingerprint density at radius 3 is 2.67 bits per heavy atom. The fourth-order valence-corrected chi connectivity index (χ4v) is 3.61. The van der Waals surface area contributed by atoms with E-state index in [1.165, 1.54) is 0 Å². The zero-order chi connectivity index (χ0) is 20.9. The molecule has 1 amide bonds. The van der Waals surface area contributed by atoms with Gasteiger partial charge in [0.1, 0.15) is 5.75 Å². The monoisotopic (exact) mass is 410 g/mol. The highest BCUT2D eigenvalue weighted by Gasteiger charge is 2.26. The summed E-state index contributed by atoms with van der Waals surface area (Å²) in [6.45, 7) is 5.96. The Hall–Kier alpha value is -3.23. The van der Waals surface area contributed by atoms with E-state index in [2.05, 4.69) is 27.4 Å². The third kappa shape index (κ3) is 4.34. The van der Waals surface area contributed by atoms with Crippen molar-refractivity contribution in [1.29, 1.82) is 0 Å². The Bertz CT molecular complexity index is 973. The second-order valence-electron chi connectivity index (χ2n) is 7.33. The maximum absolute atomic E-state index is 12.8. The largest absolute Gasteiger partial charge is 0.494 e. The molecule has 0 radical (unpaired) electrons. The lowest BCUT2D eigenvalue weighted by Crippen LogP contribution is -2.39. The Kier molecular flexibility index (Phi) is 6.06. The van der Waals surface area contributed by atoms with Gasteiger partial charge in [-0.1, -0.05) is 17.3 Å². The molecule has 1 saturated heterocycles. The van der Waals surface area contributed by atoms with Gasteiger partial charge < -0.3 is 14.2 Å². The summed E-state index contributed by atoms with van der Waals surface area (Å²) in [5.74, 6) is 1.90. The van der Waals surface area contributed by atoms with Crippen LogP contribution in [-0.4, -0.2) is 55.6 Å². The second kappa shape index (κ2) is 9.06. The molecule has 0 atom stereocenters. The molecule has 2 aromatic heterocycles. The fraction of sp³-hybridized carbons (Fsp3) is 0.476. The van der Waals surface area contributed by atoms with Crippen LogP contribution in [0.15, 0.2) is 35.0 Å². The molecule has 1 aromatic carbocycles. The van der Waals surface area contributed by atoms with Gasteiger partial charge in [-0.3, -0.25) is 4.79 Å². The Morgan fingerprint density at radius 2 is 1.97 bits per heavy atom. The van der Waals surface area contributed by atoms with E-state index < -0.39 is 0 Å². The van der Waals surface area contributed by atoms with E-state index in [9.17, 15) is 4.79 Å². The highest BCUT2D eigenvalue weighted by Crippen LogP contribution is 2.25. The van der Waals surface area contributed by atoms with Crippen molar-refractivity contribution in [3.8, 4) is 17.3 Å². The number of benzene rings is 1. The van der Waals surface area contributed by atoms with Crippen LogP contribution in [0.2, 0.25) is 0 Å². The average Bonchev–Trinajstić information content (AvgIpc) is 3.44. The summed E-state index contributed by atoms with van der Waals surface area (Å²) in [6.07, 6.45) is 5.21. The smallest absolute Gasteiger partial charge is 0.280 e. The summed E-state index contributed by atoms with van der Waals surface area (Å²) < 4.78 is 12.6. The lowest BCUT2D eigenvalue weighted by molar-refractivity contribution is 0.0689. The van der Waals surface area contributed by atoms with Crippen molar-refractivity contribution in [1.82, 2.24) is 30.0 Å². The summed E-state index contributed by atoms with van der Waals surface area (Å²) in [7, 11) is 0. The van der Waals surface area contributed by atoms with Crippen molar-refractivity contribution in [2.24, 2.45) is 0 Å². The number of amides is 1. The van der Waals surface area contributed by atoms with E-state index in [1.807, 2.05) is 47.0 Å². The highest BCUT2D eigenvalue weighted by atomic mass is 16.5. The van der Waals surface area contributed by atoms with Crippen LogP contribution in [0.25, 0.3) is 11.6 Å². The number of carbonyl (C=O) groups excluding carboxylic acids is 1. The molecule has 0 spiro atoms.